The van der Waals surface area contributed by atoms with Crippen molar-refractivity contribution in [1.82, 2.24) is 4.57 Å². The molecule has 0 heterocycles. The van der Waals surface area contributed by atoms with Crippen molar-refractivity contribution in [3.8, 4) is 0 Å². The van der Waals surface area contributed by atoms with Crippen molar-refractivity contribution >= 4 is 15.3 Å². The van der Waals surface area contributed by atoms with Gasteiger partial charge in [-0.25, -0.2) is 0 Å². The second kappa shape index (κ2) is 3.64. The van der Waals surface area contributed by atoms with Crippen LogP contribution in [0.1, 0.15) is 13.8 Å². The van der Waals surface area contributed by atoms with Crippen LogP contribution in [0.3, 0.4) is 0 Å². The molecule has 1 nitrogen and oxygen atoms in total. The van der Waals surface area contributed by atoms with E-state index in [4.69, 9.17) is 0 Å². The highest BCUT2D eigenvalue weighted by Crippen LogP contribution is 2.31. The first kappa shape index (κ1) is 12.4. The lowest BCUT2D eigenvalue weighted by atomic mass is 10.6. The molecule has 0 spiro atoms. The SMILES string of the molecule is CC(C)[Si](C)(N(C)C)[Si](C)(C)C. The zero-order valence-electron chi connectivity index (χ0n) is 10.0. The molecule has 0 bridgehead atoms. The third-order valence-corrected chi connectivity index (χ3v) is 22.9. The minimum atomic E-state index is -1.13. The summed E-state index contributed by atoms with van der Waals surface area (Å²) >= 11 is 0. The molecule has 0 saturated carbocycles. The van der Waals surface area contributed by atoms with E-state index in [9.17, 15) is 0 Å². The zero-order valence-corrected chi connectivity index (χ0v) is 12.0. The minimum Gasteiger partial charge on any atom is -0.331 e. The normalized spacial score (nSPS) is 18.5. The summed E-state index contributed by atoms with van der Waals surface area (Å²) in [5.41, 5.74) is 0.874. The number of nitrogens with zero attached hydrogens (tertiary/aromatic N) is 1. The van der Waals surface area contributed by atoms with Gasteiger partial charge in [-0.15, -0.1) is 0 Å². The van der Waals surface area contributed by atoms with E-state index in [1.165, 1.54) is 0 Å². The molecular formula is C9H25NSi2. The molecule has 0 amide bonds. The summed E-state index contributed by atoms with van der Waals surface area (Å²) in [6.45, 7) is 14.9. The van der Waals surface area contributed by atoms with Gasteiger partial charge in [-0.05, 0) is 19.6 Å². The Labute approximate surface area is 80.0 Å². The van der Waals surface area contributed by atoms with Crippen LogP contribution in [0.15, 0.2) is 0 Å². The van der Waals surface area contributed by atoms with Crippen molar-refractivity contribution in [2.45, 2.75) is 45.6 Å². The molecule has 0 aromatic heterocycles. The molecule has 0 N–H and O–H groups in total. The first-order valence-corrected chi connectivity index (χ1v) is 11.8. The maximum absolute atomic E-state index is 2.55. The topological polar surface area (TPSA) is 3.24 Å². The predicted octanol–water partition coefficient (Wildman–Crippen LogP) is 2.95. The van der Waals surface area contributed by atoms with Gasteiger partial charge in [0.1, 0.15) is 7.75 Å². The largest absolute Gasteiger partial charge is 0.331 e. The average molecular weight is 203 g/mol. The highest BCUT2D eigenvalue weighted by atomic mass is 29.3. The van der Waals surface area contributed by atoms with Crippen LogP contribution in [0.25, 0.3) is 0 Å². The summed E-state index contributed by atoms with van der Waals surface area (Å²) in [4.78, 5) is 0. The third-order valence-electron chi connectivity index (χ3n) is 3.57. The summed E-state index contributed by atoms with van der Waals surface area (Å²) in [7, 11) is 2.43. The van der Waals surface area contributed by atoms with Crippen LogP contribution in [0.4, 0.5) is 0 Å². The van der Waals surface area contributed by atoms with Gasteiger partial charge in [0.05, 0.1) is 7.59 Å². The molecule has 0 radical (unpaired) electrons. The van der Waals surface area contributed by atoms with Crippen molar-refractivity contribution in [2.75, 3.05) is 14.1 Å². The number of rotatable bonds is 3. The van der Waals surface area contributed by atoms with E-state index in [0.29, 0.717) is 0 Å². The van der Waals surface area contributed by atoms with Crippen LogP contribution in [0, 0.1) is 0 Å². The molecule has 0 aromatic carbocycles. The summed E-state index contributed by atoms with van der Waals surface area (Å²) in [6.07, 6.45) is 0. The van der Waals surface area contributed by atoms with Gasteiger partial charge in [-0.3, -0.25) is 0 Å². The molecule has 0 aromatic rings. The van der Waals surface area contributed by atoms with Crippen molar-refractivity contribution in [1.29, 1.82) is 0 Å². The van der Waals surface area contributed by atoms with Gasteiger partial charge in [-0.1, -0.05) is 40.0 Å². The second-order valence-electron chi connectivity index (χ2n) is 5.45. The van der Waals surface area contributed by atoms with Crippen LogP contribution < -0.4 is 0 Å². The van der Waals surface area contributed by atoms with Crippen molar-refractivity contribution in [2.24, 2.45) is 0 Å². The molecule has 0 rings (SSSR count). The smallest absolute Gasteiger partial charge is 0.116 e. The number of hydrogen-bond donors (Lipinski definition) is 0. The second-order valence-corrected chi connectivity index (χ2v) is 21.8. The lowest BCUT2D eigenvalue weighted by molar-refractivity contribution is 0.613. The molecule has 1 unspecified atom stereocenters. The monoisotopic (exact) mass is 203 g/mol. The maximum Gasteiger partial charge on any atom is 0.116 e. The van der Waals surface area contributed by atoms with Crippen LogP contribution >= 0.6 is 0 Å². The Balaban J connectivity index is 4.89. The minimum absolute atomic E-state index is 0.874. The van der Waals surface area contributed by atoms with Crippen LogP contribution in [0.5, 0.6) is 0 Å². The molecule has 1 atom stereocenters. The van der Waals surface area contributed by atoms with Gasteiger partial charge in [0.15, 0.2) is 0 Å². The Hall–Kier alpha value is 0.394. The Morgan fingerprint density at radius 2 is 1.25 bits per heavy atom. The number of hydrogen-bond acceptors (Lipinski definition) is 1. The highest BCUT2D eigenvalue weighted by Gasteiger charge is 2.45. The standard InChI is InChI=1S/C9H25NSi2/c1-9(2)12(8,10(3)4)11(5,6)7/h9H,1-8H3. The Morgan fingerprint density at radius 3 is 1.25 bits per heavy atom. The maximum atomic E-state index is 2.55. The fraction of sp³-hybridized carbons (Fsp3) is 1.00. The van der Waals surface area contributed by atoms with Crippen LogP contribution in [0.2, 0.25) is 31.7 Å². The zero-order chi connectivity index (χ0) is 10.2. The van der Waals surface area contributed by atoms with Gasteiger partial charge >= 0.3 is 0 Å². The van der Waals surface area contributed by atoms with E-state index in [-0.39, 0.29) is 0 Å². The lowest BCUT2D eigenvalue weighted by Crippen LogP contribution is -2.66. The average Bonchev–Trinajstić information content (AvgIpc) is 1.82. The molecule has 0 aliphatic heterocycles. The van der Waals surface area contributed by atoms with E-state index in [1.54, 1.807) is 0 Å². The lowest BCUT2D eigenvalue weighted by Gasteiger charge is -2.47. The van der Waals surface area contributed by atoms with Gasteiger partial charge in [0.2, 0.25) is 0 Å². The summed E-state index contributed by atoms with van der Waals surface area (Å²) in [6, 6.07) is 0. The van der Waals surface area contributed by atoms with E-state index in [1.807, 2.05) is 0 Å². The van der Waals surface area contributed by atoms with Crippen molar-refractivity contribution in [3.05, 3.63) is 0 Å². The first-order chi connectivity index (χ1) is 5.14. The molecule has 0 saturated heterocycles. The molecule has 12 heavy (non-hydrogen) atoms. The van der Waals surface area contributed by atoms with Gasteiger partial charge < -0.3 is 4.57 Å². The molecule has 74 valence electrons. The van der Waals surface area contributed by atoms with E-state index >= 15 is 0 Å². The summed E-state index contributed by atoms with van der Waals surface area (Å²) in [5, 5.41) is 0. The first-order valence-electron chi connectivity index (χ1n) is 4.81. The predicted molar refractivity (Wildman–Crippen MR) is 63.7 cm³/mol. The van der Waals surface area contributed by atoms with Crippen molar-refractivity contribution < 1.29 is 0 Å². The third kappa shape index (κ3) is 2.00. The molecule has 0 aliphatic rings. The van der Waals surface area contributed by atoms with E-state index < -0.39 is 15.3 Å². The highest BCUT2D eigenvalue weighted by molar-refractivity contribution is 7.40. The molecule has 0 aliphatic carbocycles. The summed E-state index contributed by atoms with van der Waals surface area (Å²) in [5.74, 6) is 0. The fourth-order valence-corrected chi connectivity index (χ4v) is 15.4. The Kier molecular flexibility index (Phi) is 3.76. The summed E-state index contributed by atoms with van der Waals surface area (Å²) < 4.78 is 2.55. The molecular weight excluding hydrogens is 178 g/mol. The van der Waals surface area contributed by atoms with Gasteiger partial charge in [0.25, 0.3) is 0 Å². The quantitative estimate of drug-likeness (QED) is 0.638. The van der Waals surface area contributed by atoms with Gasteiger partial charge in [0, 0.05) is 0 Å². The van der Waals surface area contributed by atoms with Crippen LogP contribution in [-0.4, -0.2) is 34.0 Å². The van der Waals surface area contributed by atoms with E-state index in [2.05, 4.69) is 58.7 Å². The Morgan fingerprint density at radius 1 is 0.917 bits per heavy atom. The van der Waals surface area contributed by atoms with Crippen LogP contribution in [-0.2, 0) is 0 Å². The van der Waals surface area contributed by atoms with E-state index in [0.717, 1.165) is 5.54 Å². The molecule has 3 heteroatoms. The van der Waals surface area contributed by atoms with Crippen molar-refractivity contribution in [3.63, 3.8) is 0 Å². The Bertz CT molecular complexity index is 139. The van der Waals surface area contributed by atoms with Gasteiger partial charge in [-0.2, -0.15) is 0 Å². The molecule has 0 fully saturated rings. The fourth-order valence-electron chi connectivity index (χ4n) is 2.05.